The number of aryl methyl sites for hydroxylation is 1. The van der Waals surface area contributed by atoms with Crippen LogP contribution in [0, 0.1) is 12.7 Å². The van der Waals surface area contributed by atoms with Crippen molar-refractivity contribution >= 4 is 16.8 Å². The lowest BCUT2D eigenvalue weighted by molar-refractivity contribution is 0.0997. The standard InChI is InChI=1S/C15H12FN3O/c1-8-13(14(15(17)20)11(16)7-19-8)10-2-3-12-9(6-10)4-5-18-12/h2-7,18H,1H3,(H2,17,20). The predicted octanol–water partition coefficient (Wildman–Crippen LogP) is 2.78. The fourth-order valence-corrected chi connectivity index (χ4v) is 2.39. The Morgan fingerprint density at radius 3 is 2.90 bits per heavy atom. The van der Waals surface area contributed by atoms with Crippen molar-refractivity contribution in [1.82, 2.24) is 9.97 Å². The third kappa shape index (κ3) is 1.84. The molecule has 1 aromatic carbocycles. The highest BCUT2D eigenvalue weighted by molar-refractivity contribution is 6.01. The third-order valence-electron chi connectivity index (χ3n) is 3.31. The van der Waals surface area contributed by atoms with E-state index in [1.807, 2.05) is 30.5 Å². The molecule has 2 aromatic heterocycles. The largest absolute Gasteiger partial charge is 0.365 e. The van der Waals surface area contributed by atoms with Gasteiger partial charge in [-0.05, 0) is 36.1 Å². The Bertz CT molecular complexity index is 823. The molecule has 0 saturated heterocycles. The highest BCUT2D eigenvalue weighted by atomic mass is 19.1. The molecule has 0 aliphatic heterocycles. The molecule has 0 saturated carbocycles. The molecule has 2 heterocycles. The molecule has 0 radical (unpaired) electrons. The third-order valence-corrected chi connectivity index (χ3v) is 3.31. The Labute approximate surface area is 114 Å². The number of aromatic amines is 1. The molecule has 3 rings (SSSR count). The van der Waals surface area contributed by atoms with Gasteiger partial charge in [-0.2, -0.15) is 0 Å². The number of fused-ring (bicyclic) bond motifs is 1. The van der Waals surface area contributed by atoms with E-state index in [1.165, 1.54) is 0 Å². The zero-order valence-electron chi connectivity index (χ0n) is 10.8. The highest BCUT2D eigenvalue weighted by Crippen LogP contribution is 2.30. The van der Waals surface area contributed by atoms with Crippen LogP contribution in [0.2, 0.25) is 0 Å². The monoisotopic (exact) mass is 269 g/mol. The summed E-state index contributed by atoms with van der Waals surface area (Å²) in [5.41, 5.74) is 7.88. The fourth-order valence-electron chi connectivity index (χ4n) is 2.39. The molecule has 0 spiro atoms. The van der Waals surface area contributed by atoms with Crippen LogP contribution in [0.5, 0.6) is 0 Å². The minimum Gasteiger partial charge on any atom is -0.365 e. The van der Waals surface area contributed by atoms with Crippen LogP contribution in [0.15, 0.2) is 36.7 Å². The topological polar surface area (TPSA) is 71.8 Å². The molecule has 5 heteroatoms. The van der Waals surface area contributed by atoms with E-state index in [2.05, 4.69) is 9.97 Å². The van der Waals surface area contributed by atoms with E-state index in [4.69, 9.17) is 5.73 Å². The predicted molar refractivity (Wildman–Crippen MR) is 74.7 cm³/mol. The average Bonchev–Trinajstić information content (AvgIpc) is 2.87. The first-order chi connectivity index (χ1) is 9.58. The van der Waals surface area contributed by atoms with Crippen molar-refractivity contribution in [3.8, 4) is 11.1 Å². The van der Waals surface area contributed by atoms with Gasteiger partial charge in [0.2, 0.25) is 0 Å². The fraction of sp³-hybridized carbons (Fsp3) is 0.0667. The smallest absolute Gasteiger partial charge is 0.252 e. The molecule has 1 amide bonds. The Morgan fingerprint density at radius 2 is 2.15 bits per heavy atom. The minimum atomic E-state index is -0.794. The van der Waals surface area contributed by atoms with Gasteiger partial charge in [-0.15, -0.1) is 0 Å². The van der Waals surface area contributed by atoms with Gasteiger partial charge in [0.15, 0.2) is 5.82 Å². The normalized spacial score (nSPS) is 10.9. The highest BCUT2D eigenvalue weighted by Gasteiger charge is 2.19. The average molecular weight is 269 g/mol. The van der Waals surface area contributed by atoms with Crippen LogP contribution in [-0.2, 0) is 0 Å². The summed E-state index contributed by atoms with van der Waals surface area (Å²) in [6.07, 6.45) is 2.84. The lowest BCUT2D eigenvalue weighted by atomic mass is 9.97. The summed E-state index contributed by atoms with van der Waals surface area (Å²) in [6.45, 7) is 1.72. The molecule has 0 unspecified atom stereocenters. The zero-order valence-corrected chi connectivity index (χ0v) is 10.8. The number of rotatable bonds is 2. The van der Waals surface area contributed by atoms with Crippen LogP contribution >= 0.6 is 0 Å². The summed E-state index contributed by atoms with van der Waals surface area (Å²) in [5, 5.41) is 0.974. The number of primary amides is 1. The first-order valence-corrected chi connectivity index (χ1v) is 6.10. The number of pyridine rings is 1. The van der Waals surface area contributed by atoms with Crippen molar-refractivity contribution in [3.63, 3.8) is 0 Å². The Hall–Kier alpha value is -2.69. The number of halogens is 1. The van der Waals surface area contributed by atoms with Crippen LogP contribution in [0.3, 0.4) is 0 Å². The maximum absolute atomic E-state index is 13.9. The summed E-state index contributed by atoms with van der Waals surface area (Å²) < 4.78 is 13.9. The molecule has 3 aromatic rings. The second kappa shape index (κ2) is 4.45. The molecule has 20 heavy (non-hydrogen) atoms. The Balaban J connectivity index is 2.32. The molecular formula is C15H12FN3O. The molecule has 0 atom stereocenters. The van der Waals surface area contributed by atoms with E-state index in [-0.39, 0.29) is 5.56 Å². The molecule has 0 aliphatic rings. The van der Waals surface area contributed by atoms with Gasteiger partial charge in [-0.25, -0.2) is 4.39 Å². The molecular weight excluding hydrogens is 257 g/mol. The number of nitrogens with zero attached hydrogens (tertiary/aromatic N) is 1. The van der Waals surface area contributed by atoms with Crippen LogP contribution in [0.4, 0.5) is 4.39 Å². The summed E-state index contributed by atoms with van der Waals surface area (Å²) >= 11 is 0. The maximum atomic E-state index is 13.9. The van der Waals surface area contributed by atoms with Gasteiger partial charge in [-0.1, -0.05) is 6.07 Å². The molecule has 0 aliphatic carbocycles. The number of carbonyl (C=O) groups is 1. The SMILES string of the molecule is Cc1ncc(F)c(C(N)=O)c1-c1ccc2[nH]ccc2c1. The van der Waals surface area contributed by atoms with Crippen molar-refractivity contribution in [3.05, 3.63) is 53.7 Å². The first-order valence-electron chi connectivity index (χ1n) is 6.10. The minimum absolute atomic E-state index is 0.118. The van der Waals surface area contributed by atoms with Gasteiger partial charge in [0.05, 0.1) is 11.8 Å². The lowest BCUT2D eigenvalue weighted by Crippen LogP contribution is -2.16. The summed E-state index contributed by atoms with van der Waals surface area (Å²) in [5.74, 6) is -1.50. The van der Waals surface area contributed by atoms with Gasteiger partial charge in [-0.3, -0.25) is 9.78 Å². The van der Waals surface area contributed by atoms with Gasteiger partial charge >= 0.3 is 0 Å². The van der Waals surface area contributed by atoms with Gasteiger partial charge in [0.25, 0.3) is 5.91 Å². The lowest BCUT2D eigenvalue weighted by Gasteiger charge is -2.11. The summed E-state index contributed by atoms with van der Waals surface area (Å²) in [6, 6.07) is 7.47. The zero-order chi connectivity index (χ0) is 14.3. The number of nitrogens with two attached hydrogens (primary N) is 1. The van der Waals surface area contributed by atoms with E-state index >= 15 is 0 Å². The number of hydrogen-bond donors (Lipinski definition) is 2. The number of nitrogens with one attached hydrogen (secondary N) is 1. The van der Waals surface area contributed by atoms with Crippen molar-refractivity contribution in [2.24, 2.45) is 5.73 Å². The van der Waals surface area contributed by atoms with E-state index in [9.17, 15) is 9.18 Å². The number of benzene rings is 1. The second-order valence-corrected chi connectivity index (χ2v) is 4.59. The molecule has 100 valence electrons. The van der Waals surface area contributed by atoms with Crippen molar-refractivity contribution in [1.29, 1.82) is 0 Å². The van der Waals surface area contributed by atoms with Crippen LogP contribution in [0.1, 0.15) is 16.1 Å². The van der Waals surface area contributed by atoms with Gasteiger partial charge in [0, 0.05) is 23.0 Å². The van der Waals surface area contributed by atoms with Crippen molar-refractivity contribution < 1.29 is 9.18 Å². The van der Waals surface area contributed by atoms with Gasteiger partial charge < -0.3 is 10.7 Å². The maximum Gasteiger partial charge on any atom is 0.252 e. The van der Waals surface area contributed by atoms with E-state index in [0.29, 0.717) is 11.3 Å². The van der Waals surface area contributed by atoms with Gasteiger partial charge in [0.1, 0.15) is 0 Å². The van der Waals surface area contributed by atoms with E-state index in [0.717, 1.165) is 22.7 Å². The quantitative estimate of drug-likeness (QED) is 0.750. The Kier molecular flexibility index (Phi) is 2.75. The van der Waals surface area contributed by atoms with E-state index in [1.54, 1.807) is 6.92 Å². The molecule has 0 fully saturated rings. The summed E-state index contributed by atoms with van der Waals surface area (Å²) in [7, 11) is 0. The first kappa shape index (κ1) is 12.3. The number of aromatic nitrogens is 2. The molecule has 0 bridgehead atoms. The number of hydrogen-bond acceptors (Lipinski definition) is 2. The molecule has 4 nitrogen and oxygen atoms in total. The van der Waals surface area contributed by atoms with Crippen LogP contribution in [-0.4, -0.2) is 15.9 Å². The Morgan fingerprint density at radius 1 is 1.35 bits per heavy atom. The van der Waals surface area contributed by atoms with Crippen molar-refractivity contribution in [2.75, 3.05) is 0 Å². The van der Waals surface area contributed by atoms with E-state index < -0.39 is 11.7 Å². The second-order valence-electron chi connectivity index (χ2n) is 4.59. The number of carbonyl (C=O) groups excluding carboxylic acids is 1. The summed E-state index contributed by atoms with van der Waals surface area (Å²) in [4.78, 5) is 18.6. The van der Waals surface area contributed by atoms with Crippen LogP contribution in [0.25, 0.3) is 22.0 Å². The number of H-pyrrole nitrogens is 1. The van der Waals surface area contributed by atoms with Crippen molar-refractivity contribution in [2.45, 2.75) is 6.92 Å². The molecule has 3 N–H and O–H groups in total. The number of amides is 1. The van der Waals surface area contributed by atoms with Crippen LogP contribution < -0.4 is 5.73 Å².